The van der Waals surface area contributed by atoms with Gasteiger partial charge in [-0.05, 0) is 6.42 Å². The van der Waals surface area contributed by atoms with Crippen LogP contribution in [0.5, 0.6) is 0 Å². The fourth-order valence-electron chi connectivity index (χ4n) is 0.602. The van der Waals surface area contributed by atoms with Gasteiger partial charge in [-0.25, -0.2) is 0 Å². The predicted molar refractivity (Wildman–Crippen MR) is 49.7 cm³/mol. The highest BCUT2D eigenvalue weighted by molar-refractivity contribution is 7.80. The standard InChI is InChI=1S/C7H16N2OS/c1-2-3-4-9-7(10)6(8)5-11/h6,11H,2-5,8H2,1H3,(H,9,10)/t6-/m0/s1/i10+2. The lowest BCUT2D eigenvalue weighted by Gasteiger charge is -2.08. The Kier molecular flexibility index (Phi) is 6.36. The van der Waals surface area contributed by atoms with E-state index >= 15 is 0 Å². The Balaban J connectivity index is 3.36. The molecule has 1 atom stereocenters. The zero-order valence-corrected chi connectivity index (χ0v) is 7.73. The zero-order chi connectivity index (χ0) is 8.69. The molecule has 3 N–H and O–H groups in total. The van der Waals surface area contributed by atoms with Crippen LogP contribution in [0.2, 0.25) is 0 Å². The van der Waals surface area contributed by atoms with Crippen LogP contribution in [0, 0.1) is 0 Å². The van der Waals surface area contributed by atoms with Crippen LogP contribution in [0.4, 0.5) is 0 Å². The minimum absolute atomic E-state index is 0.103. The van der Waals surface area contributed by atoms with Gasteiger partial charge in [0.1, 0.15) is 0 Å². The molecule has 0 aromatic heterocycles. The molecule has 0 saturated heterocycles. The molecule has 0 heterocycles. The van der Waals surface area contributed by atoms with Gasteiger partial charge in [-0.1, -0.05) is 13.3 Å². The van der Waals surface area contributed by atoms with E-state index in [4.69, 9.17) is 5.73 Å². The Morgan fingerprint density at radius 3 is 2.82 bits per heavy atom. The fourth-order valence-corrected chi connectivity index (χ4v) is 0.768. The summed E-state index contributed by atoms with van der Waals surface area (Å²) in [7, 11) is 0. The van der Waals surface area contributed by atoms with E-state index in [-0.39, 0.29) is 5.91 Å². The van der Waals surface area contributed by atoms with Gasteiger partial charge in [-0.15, -0.1) is 0 Å². The molecule has 0 radical (unpaired) electrons. The fraction of sp³-hybridized carbons (Fsp3) is 0.857. The van der Waals surface area contributed by atoms with Crippen LogP contribution in [-0.4, -0.2) is 24.2 Å². The van der Waals surface area contributed by atoms with Gasteiger partial charge in [0.05, 0.1) is 6.04 Å². The maximum atomic E-state index is 11.0. The highest BCUT2D eigenvalue weighted by Gasteiger charge is 2.08. The second-order valence-corrected chi connectivity index (χ2v) is 2.80. The van der Waals surface area contributed by atoms with Crippen molar-refractivity contribution in [2.75, 3.05) is 12.3 Å². The third-order valence-corrected chi connectivity index (χ3v) is 1.76. The zero-order valence-electron chi connectivity index (χ0n) is 6.84. The normalized spacial score (nSPS) is 12.6. The first-order chi connectivity index (χ1) is 5.22. The molecule has 0 spiro atoms. The second-order valence-electron chi connectivity index (χ2n) is 2.43. The van der Waals surface area contributed by atoms with Crippen molar-refractivity contribution in [3.63, 3.8) is 0 Å². The smallest absolute Gasteiger partial charge is 0.237 e. The maximum absolute atomic E-state index is 11.0. The van der Waals surface area contributed by atoms with Crippen LogP contribution >= 0.6 is 12.6 Å². The lowest BCUT2D eigenvalue weighted by atomic mass is 10.3. The summed E-state index contributed by atoms with van der Waals surface area (Å²) in [6.07, 6.45) is 2.08. The maximum Gasteiger partial charge on any atom is 0.237 e. The Morgan fingerprint density at radius 1 is 1.73 bits per heavy atom. The van der Waals surface area contributed by atoms with E-state index in [0.717, 1.165) is 19.4 Å². The molecule has 0 rings (SSSR count). The first kappa shape index (κ1) is 10.8. The largest absolute Gasteiger partial charge is 0.355 e. The van der Waals surface area contributed by atoms with Gasteiger partial charge in [0.15, 0.2) is 0 Å². The summed E-state index contributed by atoms with van der Waals surface area (Å²) in [6.45, 7) is 2.79. The van der Waals surface area contributed by atoms with Gasteiger partial charge in [-0.2, -0.15) is 12.6 Å². The van der Waals surface area contributed by atoms with E-state index in [1.807, 2.05) is 0 Å². The predicted octanol–water partition coefficient (Wildman–Crippen LogP) is 0.160. The third kappa shape index (κ3) is 5.09. The number of unbranched alkanes of at least 4 members (excludes halogenated alkanes) is 1. The van der Waals surface area contributed by atoms with E-state index in [2.05, 4.69) is 24.9 Å². The number of carbonyl (C=O) groups is 1. The lowest BCUT2D eigenvalue weighted by Crippen LogP contribution is -2.42. The van der Waals surface area contributed by atoms with E-state index in [1.165, 1.54) is 0 Å². The summed E-state index contributed by atoms with van der Waals surface area (Å²) in [4.78, 5) is 11.0. The van der Waals surface area contributed by atoms with Gasteiger partial charge in [0, 0.05) is 12.3 Å². The van der Waals surface area contributed by atoms with Crippen molar-refractivity contribution < 1.29 is 4.79 Å². The molecule has 11 heavy (non-hydrogen) atoms. The average molecular weight is 178 g/mol. The number of hydrogen-bond donors (Lipinski definition) is 3. The number of amides is 1. The number of carbonyl (C=O) groups excluding carboxylic acids is 1. The molecule has 0 saturated carbocycles. The van der Waals surface area contributed by atoms with Crippen LogP contribution in [0.1, 0.15) is 19.8 Å². The Hall–Kier alpha value is -0.220. The molecule has 0 aliphatic heterocycles. The molecule has 0 aromatic rings. The molecule has 0 aromatic carbocycles. The Morgan fingerprint density at radius 2 is 2.36 bits per heavy atom. The molecule has 1 amide bonds. The highest BCUT2D eigenvalue weighted by Crippen LogP contribution is 1.86. The first-order valence-corrected chi connectivity index (χ1v) is 4.49. The molecule has 4 heteroatoms. The molecule has 0 unspecified atom stereocenters. The monoisotopic (exact) mass is 178 g/mol. The summed E-state index contributed by atoms with van der Waals surface area (Å²) < 4.78 is 0. The van der Waals surface area contributed by atoms with E-state index in [1.54, 1.807) is 0 Å². The van der Waals surface area contributed by atoms with Crippen LogP contribution in [0.15, 0.2) is 0 Å². The van der Waals surface area contributed by atoms with Gasteiger partial charge in [-0.3, -0.25) is 4.79 Å². The van der Waals surface area contributed by atoms with Gasteiger partial charge < -0.3 is 11.1 Å². The number of nitrogens with one attached hydrogen (secondary N) is 1. The van der Waals surface area contributed by atoms with Crippen molar-refractivity contribution in [3.8, 4) is 0 Å². The third-order valence-electron chi connectivity index (χ3n) is 1.36. The Labute approximate surface area is 73.1 Å². The summed E-state index contributed by atoms with van der Waals surface area (Å²) in [6, 6.07) is -0.463. The van der Waals surface area contributed by atoms with Crippen molar-refractivity contribution in [2.45, 2.75) is 25.8 Å². The minimum Gasteiger partial charge on any atom is -0.355 e. The van der Waals surface area contributed by atoms with Crippen molar-refractivity contribution in [3.05, 3.63) is 0 Å². The number of nitrogens with two attached hydrogens (primary N) is 1. The first-order valence-electron chi connectivity index (χ1n) is 3.86. The van der Waals surface area contributed by atoms with E-state index in [9.17, 15) is 4.79 Å². The van der Waals surface area contributed by atoms with Crippen molar-refractivity contribution in [2.24, 2.45) is 5.73 Å². The molecule has 0 aliphatic rings. The molecular weight excluding hydrogens is 162 g/mol. The molecule has 0 fully saturated rings. The number of hydrogen-bond acceptors (Lipinski definition) is 3. The number of rotatable bonds is 5. The molecular formula is C7H16N2OS. The molecule has 0 aliphatic carbocycles. The van der Waals surface area contributed by atoms with Gasteiger partial charge >= 0.3 is 0 Å². The van der Waals surface area contributed by atoms with E-state index in [0.29, 0.717) is 5.75 Å². The van der Waals surface area contributed by atoms with Gasteiger partial charge in [0.25, 0.3) is 0 Å². The molecule has 0 bridgehead atoms. The lowest BCUT2D eigenvalue weighted by molar-refractivity contribution is -0.121. The topological polar surface area (TPSA) is 55.1 Å². The van der Waals surface area contributed by atoms with Crippen molar-refractivity contribution in [1.29, 1.82) is 0 Å². The van der Waals surface area contributed by atoms with Crippen molar-refractivity contribution in [1.82, 2.24) is 5.32 Å². The Bertz CT molecular complexity index is 119. The molecule has 66 valence electrons. The minimum atomic E-state index is -0.463. The molecule has 3 nitrogen and oxygen atoms in total. The van der Waals surface area contributed by atoms with Gasteiger partial charge in [0.2, 0.25) is 5.91 Å². The SMILES string of the molecule is CCCCNC(=[18O])[C@@H](N)CS. The summed E-state index contributed by atoms with van der Waals surface area (Å²) >= 11 is 3.91. The van der Waals surface area contributed by atoms with Crippen LogP contribution in [0.3, 0.4) is 0 Å². The van der Waals surface area contributed by atoms with Crippen molar-refractivity contribution >= 4 is 18.5 Å². The summed E-state index contributed by atoms with van der Waals surface area (Å²) in [5, 5.41) is 2.72. The van der Waals surface area contributed by atoms with Crippen LogP contribution in [0.25, 0.3) is 0 Å². The highest BCUT2D eigenvalue weighted by atomic mass is 32.1. The van der Waals surface area contributed by atoms with Crippen LogP contribution in [-0.2, 0) is 4.79 Å². The van der Waals surface area contributed by atoms with Crippen LogP contribution < -0.4 is 11.1 Å². The summed E-state index contributed by atoms with van der Waals surface area (Å²) in [5.41, 5.74) is 5.41. The summed E-state index contributed by atoms with van der Waals surface area (Å²) in [5.74, 6) is 0.297. The quantitative estimate of drug-likeness (QED) is 0.319. The number of thiol groups is 1. The second kappa shape index (κ2) is 6.49. The average Bonchev–Trinajstić information content (AvgIpc) is 2.03. The van der Waals surface area contributed by atoms with E-state index < -0.39 is 6.04 Å².